The first-order valence-electron chi connectivity index (χ1n) is 4.29. The monoisotopic (exact) mass is 209 g/mol. The zero-order valence-corrected chi connectivity index (χ0v) is 8.34. The summed E-state index contributed by atoms with van der Waals surface area (Å²) in [5, 5.41) is 16.3. The first kappa shape index (κ1) is 10.9. The normalized spacial score (nSPS) is 20.8. The molecule has 0 aromatic heterocycles. The van der Waals surface area contributed by atoms with Crippen LogP contribution in [-0.2, 0) is 10.0 Å². The molecule has 1 aliphatic carbocycles. The van der Waals surface area contributed by atoms with Crippen LogP contribution in [-0.4, -0.2) is 30.8 Å². The second-order valence-electron chi connectivity index (χ2n) is 3.35. The highest BCUT2D eigenvalue weighted by Gasteiger charge is 2.47. The lowest BCUT2D eigenvalue weighted by Gasteiger charge is -2.26. The second kappa shape index (κ2) is 3.53. The number of hydrogen-bond acceptors (Lipinski definition) is 4. The third kappa shape index (κ3) is 1.85. The Balaban J connectivity index is 2.86. The van der Waals surface area contributed by atoms with Gasteiger partial charge in [0.05, 0.1) is 0 Å². The van der Waals surface area contributed by atoms with Gasteiger partial charge in [-0.3, -0.25) is 0 Å². The van der Waals surface area contributed by atoms with Crippen molar-refractivity contribution >= 4 is 10.0 Å². The van der Waals surface area contributed by atoms with Crippen LogP contribution in [0, 0.1) is 5.92 Å². The van der Waals surface area contributed by atoms with Gasteiger partial charge in [-0.1, -0.05) is 12.8 Å². The molecule has 78 valence electrons. The molecule has 6 heteroatoms. The van der Waals surface area contributed by atoms with Crippen LogP contribution in [0.15, 0.2) is 0 Å². The van der Waals surface area contributed by atoms with E-state index >= 15 is 0 Å². The molecule has 0 bridgehead atoms. The predicted octanol–water partition coefficient (Wildman–Crippen LogP) is -0.636. The van der Waals surface area contributed by atoms with Crippen LogP contribution in [0.25, 0.3) is 0 Å². The molecular weight excluding hydrogens is 194 g/mol. The molecular formula is C7H15NO4S. The summed E-state index contributed by atoms with van der Waals surface area (Å²) in [6.45, 7) is 0. The van der Waals surface area contributed by atoms with Gasteiger partial charge in [-0.25, -0.2) is 13.1 Å². The van der Waals surface area contributed by atoms with Crippen LogP contribution in [0.2, 0.25) is 0 Å². The topological polar surface area (TPSA) is 86.6 Å². The zero-order valence-electron chi connectivity index (χ0n) is 7.52. The van der Waals surface area contributed by atoms with Crippen molar-refractivity contribution in [1.29, 1.82) is 0 Å². The van der Waals surface area contributed by atoms with Gasteiger partial charge in [0.25, 0.3) is 15.1 Å². The van der Waals surface area contributed by atoms with Crippen LogP contribution in [0.1, 0.15) is 25.7 Å². The van der Waals surface area contributed by atoms with Crippen LogP contribution in [0.3, 0.4) is 0 Å². The van der Waals surface area contributed by atoms with Crippen LogP contribution < -0.4 is 4.72 Å². The standard InChI is InChI=1S/C7H15NO4S/c1-8-13(11,12)7(9,10)6-4-2-3-5-6/h6,8-10H,2-5H2,1H3. The number of nitrogens with one attached hydrogen (secondary N) is 1. The summed E-state index contributed by atoms with van der Waals surface area (Å²) in [5.74, 6) is -0.565. The van der Waals surface area contributed by atoms with Gasteiger partial charge >= 0.3 is 0 Å². The zero-order chi connectivity index (χ0) is 10.1. The first-order chi connectivity index (χ1) is 5.92. The summed E-state index contributed by atoms with van der Waals surface area (Å²) >= 11 is 0. The Kier molecular flexibility index (Phi) is 2.96. The van der Waals surface area contributed by atoms with E-state index in [0.717, 1.165) is 12.8 Å². The summed E-state index contributed by atoms with van der Waals surface area (Å²) in [6, 6.07) is 0. The molecule has 3 N–H and O–H groups in total. The van der Waals surface area contributed by atoms with Gasteiger partial charge in [0.1, 0.15) is 0 Å². The number of aliphatic hydroxyl groups is 2. The van der Waals surface area contributed by atoms with Crippen molar-refractivity contribution in [2.45, 2.75) is 30.8 Å². The molecule has 1 aliphatic rings. The highest BCUT2D eigenvalue weighted by molar-refractivity contribution is 7.90. The van der Waals surface area contributed by atoms with E-state index in [1.165, 1.54) is 7.05 Å². The Bertz CT molecular complexity index is 266. The van der Waals surface area contributed by atoms with Gasteiger partial charge in [-0.15, -0.1) is 0 Å². The fraction of sp³-hybridized carbons (Fsp3) is 1.00. The lowest BCUT2D eigenvalue weighted by molar-refractivity contribution is -0.126. The van der Waals surface area contributed by atoms with Crippen molar-refractivity contribution < 1.29 is 18.6 Å². The molecule has 1 saturated carbocycles. The lowest BCUT2D eigenvalue weighted by Crippen LogP contribution is -2.49. The van der Waals surface area contributed by atoms with Crippen LogP contribution in [0.4, 0.5) is 0 Å². The molecule has 0 aromatic carbocycles. The molecule has 5 nitrogen and oxygen atoms in total. The van der Waals surface area contributed by atoms with Gasteiger partial charge in [-0.05, 0) is 19.9 Å². The fourth-order valence-electron chi connectivity index (χ4n) is 1.67. The van der Waals surface area contributed by atoms with Gasteiger partial charge < -0.3 is 10.2 Å². The van der Waals surface area contributed by atoms with E-state index in [1.807, 2.05) is 4.72 Å². The molecule has 1 rings (SSSR count). The molecule has 0 atom stereocenters. The third-order valence-electron chi connectivity index (χ3n) is 2.55. The summed E-state index contributed by atoms with van der Waals surface area (Å²) in [5.41, 5.74) is 0. The number of sulfonamides is 1. The minimum Gasteiger partial charge on any atom is -0.352 e. The maximum atomic E-state index is 11.2. The minimum atomic E-state index is -4.02. The van der Waals surface area contributed by atoms with E-state index < -0.39 is 21.1 Å². The Hall–Kier alpha value is -0.170. The average Bonchev–Trinajstić information content (AvgIpc) is 2.56. The van der Waals surface area contributed by atoms with Crippen molar-refractivity contribution in [3.63, 3.8) is 0 Å². The Morgan fingerprint density at radius 3 is 2.15 bits per heavy atom. The van der Waals surface area contributed by atoms with Crippen molar-refractivity contribution in [2.24, 2.45) is 5.92 Å². The molecule has 0 saturated heterocycles. The van der Waals surface area contributed by atoms with Gasteiger partial charge in [-0.2, -0.15) is 0 Å². The number of hydrogen-bond donors (Lipinski definition) is 3. The van der Waals surface area contributed by atoms with E-state index in [2.05, 4.69) is 0 Å². The summed E-state index contributed by atoms with van der Waals surface area (Å²) < 4.78 is 24.3. The molecule has 0 unspecified atom stereocenters. The molecule has 0 aliphatic heterocycles. The van der Waals surface area contributed by atoms with Crippen molar-refractivity contribution in [3.8, 4) is 0 Å². The Labute approximate surface area is 77.8 Å². The van der Waals surface area contributed by atoms with Crippen molar-refractivity contribution in [3.05, 3.63) is 0 Å². The van der Waals surface area contributed by atoms with Gasteiger partial charge in [0.15, 0.2) is 0 Å². The molecule has 13 heavy (non-hydrogen) atoms. The Morgan fingerprint density at radius 1 is 1.31 bits per heavy atom. The average molecular weight is 209 g/mol. The highest BCUT2D eigenvalue weighted by atomic mass is 32.2. The first-order valence-corrected chi connectivity index (χ1v) is 5.78. The fourth-order valence-corrected chi connectivity index (χ4v) is 2.65. The van der Waals surface area contributed by atoms with E-state index in [-0.39, 0.29) is 0 Å². The molecule has 0 aromatic rings. The van der Waals surface area contributed by atoms with Crippen LogP contribution >= 0.6 is 0 Å². The second-order valence-corrected chi connectivity index (χ2v) is 5.36. The summed E-state index contributed by atoms with van der Waals surface area (Å²) in [4.78, 5) is 0. The molecule has 0 amide bonds. The van der Waals surface area contributed by atoms with Gasteiger partial charge in [0.2, 0.25) is 0 Å². The molecule has 0 spiro atoms. The van der Waals surface area contributed by atoms with E-state index in [9.17, 15) is 18.6 Å². The highest BCUT2D eigenvalue weighted by Crippen LogP contribution is 2.35. The van der Waals surface area contributed by atoms with Crippen molar-refractivity contribution in [1.82, 2.24) is 4.72 Å². The third-order valence-corrected chi connectivity index (χ3v) is 4.21. The van der Waals surface area contributed by atoms with Crippen LogP contribution in [0.5, 0.6) is 0 Å². The summed E-state index contributed by atoms with van der Waals surface area (Å²) in [6.07, 6.45) is 2.81. The smallest absolute Gasteiger partial charge is 0.286 e. The Morgan fingerprint density at radius 2 is 1.77 bits per heavy atom. The quantitative estimate of drug-likeness (QED) is 0.540. The van der Waals surface area contributed by atoms with E-state index in [4.69, 9.17) is 0 Å². The predicted molar refractivity (Wildman–Crippen MR) is 47.1 cm³/mol. The van der Waals surface area contributed by atoms with E-state index in [0.29, 0.717) is 12.8 Å². The van der Waals surface area contributed by atoms with Crippen molar-refractivity contribution in [2.75, 3.05) is 7.05 Å². The largest absolute Gasteiger partial charge is 0.352 e. The lowest BCUT2D eigenvalue weighted by atomic mass is 10.1. The van der Waals surface area contributed by atoms with E-state index in [1.54, 1.807) is 0 Å². The molecule has 0 heterocycles. The summed E-state index contributed by atoms with van der Waals surface area (Å²) in [7, 11) is -2.85. The molecule has 0 radical (unpaired) electrons. The number of rotatable bonds is 3. The molecule has 1 fully saturated rings. The SMILES string of the molecule is CNS(=O)(=O)C(O)(O)C1CCCC1. The maximum absolute atomic E-state index is 11.2. The maximum Gasteiger partial charge on any atom is 0.286 e. The minimum absolute atomic E-state index is 0.550. The van der Waals surface area contributed by atoms with Gasteiger partial charge in [0, 0.05) is 5.92 Å².